The molecule has 0 unspecified atom stereocenters. The summed E-state index contributed by atoms with van der Waals surface area (Å²) in [6.45, 7) is 6.50. The molecular weight excluding hydrogens is 276 g/mol. The van der Waals surface area contributed by atoms with E-state index in [0.717, 1.165) is 5.88 Å². The van der Waals surface area contributed by atoms with Gasteiger partial charge in [-0.15, -0.1) is 11.6 Å². The highest BCUT2D eigenvalue weighted by atomic mass is 35.5. The van der Waals surface area contributed by atoms with Gasteiger partial charge in [-0.2, -0.15) is 8.42 Å². The lowest BCUT2D eigenvalue weighted by atomic mass is 10.0. The van der Waals surface area contributed by atoms with Crippen molar-refractivity contribution in [3.05, 3.63) is 24.5 Å². The first-order valence-corrected chi connectivity index (χ1v) is 7.60. The van der Waals surface area contributed by atoms with E-state index in [1.54, 1.807) is 24.5 Å². The van der Waals surface area contributed by atoms with Crippen LogP contribution in [0.25, 0.3) is 0 Å². The number of hydrogen-bond acceptors (Lipinski definition) is 3. The molecule has 0 fully saturated rings. The van der Waals surface area contributed by atoms with E-state index in [9.17, 15) is 8.42 Å². The summed E-state index contributed by atoms with van der Waals surface area (Å²) in [7, 11) is -3.88. The van der Waals surface area contributed by atoms with Gasteiger partial charge in [-0.05, 0) is 16.6 Å². The minimum absolute atomic E-state index is 0.166. The summed E-state index contributed by atoms with van der Waals surface area (Å²) in [5, 5.41) is 3.82. The van der Waals surface area contributed by atoms with Gasteiger partial charge >= 0.3 is 0 Å². The molecule has 0 radical (unpaired) electrons. The van der Waals surface area contributed by atoms with Crippen molar-refractivity contribution >= 4 is 21.7 Å². The summed E-state index contributed by atoms with van der Waals surface area (Å²) >= 11 is 5.48. The van der Waals surface area contributed by atoms with Crippen molar-refractivity contribution in [2.45, 2.75) is 27.3 Å². The Morgan fingerprint density at radius 1 is 1.33 bits per heavy atom. The molecule has 1 rings (SSSR count). The highest BCUT2D eigenvalue weighted by Gasteiger charge is 2.09. The molecule has 0 aromatic carbocycles. The smallest absolute Gasteiger partial charge is 0.271 e. The zero-order chi connectivity index (χ0) is 14.2. The molecule has 0 saturated heterocycles. The average molecular weight is 296 g/mol. The number of rotatable bonds is 3. The Hall–Kier alpha value is -0.720. The van der Waals surface area contributed by atoms with E-state index in [1.807, 2.05) is 0 Å². The second kappa shape index (κ2) is 7.66. The molecule has 0 atom stereocenters. The Labute approximate surface area is 114 Å². The van der Waals surface area contributed by atoms with Crippen molar-refractivity contribution < 1.29 is 17.7 Å². The van der Waals surface area contributed by atoms with Crippen LogP contribution in [0.4, 0.5) is 0 Å². The zero-order valence-electron chi connectivity index (χ0n) is 10.9. The van der Waals surface area contributed by atoms with E-state index < -0.39 is 10.1 Å². The SMILES string of the molecule is CC(C)(C)CCl.O=S(=O)(O)CC[n+]1ccccn1. The van der Waals surface area contributed by atoms with Crippen molar-refractivity contribution in [2.24, 2.45) is 5.41 Å². The van der Waals surface area contributed by atoms with Gasteiger partial charge in [0.15, 0.2) is 12.7 Å². The summed E-state index contributed by atoms with van der Waals surface area (Å²) in [5.74, 6) is 0.432. The van der Waals surface area contributed by atoms with Crippen LogP contribution >= 0.6 is 11.6 Å². The predicted molar refractivity (Wildman–Crippen MR) is 71.0 cm³/mol. The molecule has 7 heteroatoms. The molecule has 104 valence electrons. The van der Waals surface area contributed by atoms with Crippen LogP contribution in [0.3, 0.4) is 0 Å². The zero-order valence-corrected chi connectivity index (χ0v) is 12.4. The van der Waals surface area contributed by atoms with Gasteiger partial charge in [-0.3, -0.25) is 4.55 Å². The molecule has 18 heavy (non-hydrogen) atoms. The van der Waals surface area contributed by atoms with Crippen molar-refractivity contribution in [1.82, 2.24) is 5.10 Å². The molecule has 1 heterocycles. The van der Waals surface area contributed by atoms with Gasteiger partial charge in [0.1, 0.15) is 5.75 Å². The summed E-state index contributed by atoms with van der Waals surface area (Å²) in [6, 6.07) is 3.46. The van der Waals surface area contributed by atoms with Gasteiger partial charge in [0, 0.05) is 11.9 Å². The Morgan fingerprint density at radius 3 is 2.22 bits per heavy atom. The van der Waals surface area contributed by atoms with Crippen LogP contribution in [-0.2, 0) is 16.7 Å². The Kier molecular flexibility index (Phi) is 7.35. The summed E-state index contributed by atoms with van der Waals surface area (Å²) in [4.78, 5) is 0. The predicted octanol–water partition coefficient (Wildman–Crippen LogP) is 1.53. The van der Waals surface area contributed by atoms with Crippen molar-refractivity contribution in [1.29, 1.82) is 0 Å². The summed E-state index contributed by atoms with van der Waals surface area (Å²) in [5.41, 5.74) is 0.307. The van der Waals surface area contributed by atoms with Crippen LogP contribution < -0.4 is 4.68 Å². The standard InChI is InChI=1S/C6H8N2O3S.C5H11Cl/c9-12(10,11)6-5-8-4-2-1-3-7-8;1-5(2,3)4-6/h1-4H,5-6H2;4H2,1-3H3/p+1. The van der Waals surface area contributed by atoms with Crippen molar-refractivity contribution in [2.75, 3.05) is 11.6 Å². The molecule has 0 amide bonds. The van der Waals surface area contributed by atoms with Crippen LogP contribution in [0, 0.1) is 5.41 Å². The quantitative estimate of drug-likeness (QED) is 0.521. The van der Waals surface area contributed by atoms with Crippen LogP contribution in [0.5, 0.6) is 0 Å². The van der Waals surface area contributed by atoms with E-state index in [-0.39, 0.29) is 12.3 Å². The fraction of sp³-hybridized carbons (Fsp3) is 0.636. The third-order valence-electron chi connectivity index (χ3n) is 1.65. The number of aryl methyl sites for hydroxylation is 1. The Bertz CT molecular complexity index is 429. The van der Waals surface area contributed by atoms with Crippen LogP contribution in [0.15, 0.2) is 24.5 Å². The van der Waals surface area contributed by atoms with Gasteiger partial charge in [-0.25, -0.2) is 0 Å². The Balaban J connectivity index is 0.000000411. The molecule has 5 nitrogen and oxygen atoms in total. The van der Waals surface area contributed by atoms with Crippen LogP contribution in [0.2, 0.25) is 0 Å². The first kappa shape index (κ1) is 17.3. The number of halogens is 1. The molecule has 0 aliphatic carbocycles. The normalized spacial score (nSPS) is 11.6. The summed E-state index contributed by atoms with van der Waals surface area (Å²) in [6.07, 6.45) is 3.18. The van der Waals surface area contributed by atoms with E-state index in [2.05, 4.69) is 25.9 Å². The average Bonchev–Trinajstić information content (AvgIpc) is 2.27. The molecule has 0 spiro atoms. The first-order valence-electron chi connectivity index (χ1n) is 5.46. The van der Waals surface area contributed by atoms with Crippen LogP contribution in [0.1, 0.15) is 20.8 Å². The van der Waals surface area contributed by atoms with Gasteiger partial charge in [0.05, 0.1) is 6.20 Å². The van der Waals surface area contributed by atoms with Gasteiger partial charge < -0.3 is 0 Å². The van der Waals surface area contributed by atoms with Gasteiger partial charge in [0.2, 0.25) is 0 Å². The van der Waals surface area contributed by atoms with Gasteiger partial charge in [0.25, 0.3) is 10.1 Å². The number of alkyl halides is 1. The second-order valence-electron chi connectivity index (χ2n) is 4.94. The van der Waals surface area contributed by atoms with Gasteiger partial charge in [-0.1, -0.05) is 25.5 Å². The fourth-order valence-electron chi connectivity index (χ4n) is 0.702. The van der Waals surface area contributed by atoms with E-state index in [4.69, 9.17) is 16.2 Å². The lowest BCUT2D eigenvalue weighted by molar-refractivity contribution is -0.750. The summed E-state index contributed by atoms with van der Waals surface area (Å²) < 4.78 is 30.5. The van der Waals surface area contributed by atoms with E-state index >= 15 is 0 Å². The molecule has 0 aliphatic rings. The van der Waals surface area contributed by atoms with Crippen LogP contribution in [-0.4, -0.2) is 29.7 Å². The van der Waals surface area contributed by atoms with Crippen molar-refractivity contribution in [3.8, 4) is 0 Å². The third kappa shape index (κ3) is 11.8. The highest BCUT2D eigenvalue weighted by Crippen LogP contribution is 2.13. The monoisotopic (exact) mass is 295 g/mol. The highest BCUT2D eigenvalue weighted by molar-refractivity contribution is 7.85. The molecular formula is C11H20ClN2O3S+. The molecule has 1 aromatic heterocycles. The molecule has 1 aromatic rings. The molecule has 0 bridgehead atoms. The number of aromatic nitrogens is 2. The lowest BCUT2D eigenvalue weighted by Gasteiger charge is -2.10. The molecule has 1 N–H and O–H groups in total. The fourth-order valence-corrected chi connectivity index (χ4v) is 1.12. The first-order chi connectivity index (χ1) is 8.14. The number of nitrogens with zero attached hydrogens (tertiary/aromatic N) is 2. The maximum Gasteiger partial charge on any atom is 0.271 e. The minimum Gasteiger partial charge on any atom is -0.285 e. The van der Waals surface area contributed by atoms with E-state index in [1.165, 1.54) is 4.68 Å². The number of hydrogen-bond donors (Lipinski definition) is 1. The lowest BCUT2D eigenvalue weighted by Crippen LogP contribution is -2.40. The third-order valence-corrected chi connectivity index (χ3v) is 3.15. The largest absolute Gasteiger partial charge is 0.285 e. The minimum atomic E-state index is -3.88. The maximum absolute atomic E-state index is 10.3. The molecule has 0 aliphatic heterocycles. The van der Waals surface area contributed by atoms with Crippen molar-refractivity contribution in [3.63, 3.8) is 0 Å². The Morgan fingerprint density at radius 2 is 1.89 bits per heavy atom. The second-order valence-corrected chi connectivity index (χ2v) is 6.78. The van der Waals surface area contributed by atoms with E-state index in [0.29, 0.717) is 5.41 Å². The molecule has 0 saturated carbocycles. The maximum atomic E-state index is 10.3. The topological polar surface area (TPSA) is 71.1 Å².